The van der Waals surface area contributed by atoms with Crippen molar-refractivity contribution in [2.24, 2.45) is 0 Å². The van der Waals surface area contributed by atoms with Gasteiger partial charge in [-0.1, -0.05) is 0 Å². The first-order valence-electron chi connectivity index (χ1n) is 6.51. The number of hydrogen-bond donors (Lipinski definition) is 0. The van der Waals surface area contributed by atoms with Crippen LogP contribution in [0.4, 0.5) is 8.78 Å². The number of nitrogens with zero attached hydrogens (tertiary/aromatic N) is 2. The molecule has 3 aromatic rings. The molecule has 0 spiro atoms. The second-order valence-electron chi connectivity index (χ2n) is 5.03. The molecule has 24 heavy (non-hydrogen) atoms. The minimum atomic E-state index is -3.93. The number of benzene rings is 1. The number of hydrogen-bond acceptors (Lipinski definition) is 6. The smallest absolute Gasteiger partial charge is 0.415 e. The average molecular weight is 372 g/mol. The van der Waals surface area contributed by atoms with Gasteiger partial charge in [-0.25, -0.2) is 31.5 Å². The Labute approximate surface area is 138 Å². The highest BCUT2D eigenvalue weighted by molar-refractivity contribution is 7.90. The van der Waals surface area contributed by atoms with Crippen LogP contribution in [0, 0.1) is 18.6 Å². The molecule has 0 aliphatic carbocycles. The first-order valence-corrected chi connectivity index (χ1v) is 9.28. The zero-order chi connectivity index (χ0) is 17.6. The van der Waals surface area contributed by atoms with Crippen molar-refractivity contribution in [1.29, 1.82) is 0 Å². The Morgan fingerprint density at radius 1 is 1.25 bits per heavy atom. The zero-order valence-corrected chi connectivity index (χ0v) is 14.0. The van der Waals surface area contributed by atoms with Crippen molar-refractivity contribution in [2.45, 2.75) is 11.8 Å². The predicted molar refractivity (Wildman–Crippen MR) is 83.2 cm³/mol. The van der Waals surface area contributed by atoms with E-state index in [0.29, 0.717) is 17.8 Å². The second kappa shape index (κ2) is 5.64. The molecule has 10 heteroatoms. The van der Waals surface area contributed by atoms with E-state index in [1.54, 1.807) is 12.3 Å². The third-order valence-corrected chi connectivity index (χ3v) is 5.25. The van der Waals surface area contributed by atoms with E-state index in [9.17, 15) is 22.0 Å². The Morgan fingerprint density at radius 2 is 1.96 bits per heavy atom. The number of oxazole rings is 1. The Morgan fingerprint density at radius 3 is 2.54 bits per heavy atom. The quantitative estimate of drug-likeness (QED) is 0.706. The Kier molecular flexibility index (Phi) is 3.88. The summed E-state index contributed by atoms with van der Waals surface area (Å²) >= 11 is 1.13. The van der Waals surface area contributed by atoms with Crippen LogP contribution in [0.3, 0.4) is 0 Å². The van der Waals surface area contributed by atoms with Gasteiger partial charge in [-0.2, -0.15) is 0 Å². The molecule has 0 aliphatic rings. The summed E-state index contributed by atoms with van der Waals surface area (Å²) in [7, 11) is -3.93. The van der Waals surface area contributed by atoms with Crippen LogP contribution >= 0.6 is 11.3 Å². The summed E-state index contributed by atoms with van der Waals surface area (Å²) < 4.78 is 57.1. The topological polar surface area (TPSA) is 82.2 Å². The Balaban J connectivity index is 2.25. The molecule has 0 saturated heterocycles. The van der Waals surface area contributed by atoms with Crippen molar-refractivity contribution in [2.75, 3.05) is 6.26 Å². The van der Waals surface area contributed by atoms with Crippen molar-refractivity contribution >= 4 is 21.2 Å². The number of rotatable bonds is 3. The molecule has 0 fully saturated rings. The zero-order valence-electron chi connectivity index (χ0n) is 12.4. The summed E-state index contributed by atoms with van der Waals surface area (Å²) in [5.74, 6) is -2.93. The lowest BCUT2D eigenvalue weighted by Crippen LogP contribution is -2.13. The van der Waals surface area contributed by atoms with E-state index in [1.165, 1.54) is 0 Å². The van der Waals surface area contributed by atoms with Crippen molar-refractivity contribution in [3.05, 3.63) is 51.7 Å². The number of thiazole rings is 1. The maximum atomic E-state index is 14.4. The van der Waals surface area contributed by atoms with Crippen LogP contribution in [0.1, 0.15) is 5.69 Å². The van der Waals surface area contributed by atoms with E-state index in [2.05, 4.69) is 4.98 Å². The molecule has 0 aliphatic heterocycles. The first kappa shape index (κ1) is 16.5. The van der Waals surface area contributed by atoms with E-state index in [-0.39, 0.29) is 16.4 Å². The van der Waals surface area contributed by atoms with Crippen LogP contribution in [0.25, 0.3) is 16.4 Å². The van der Waals surface area contributed by atoms with Gasteiger partial charge in [-0.05, 0) is 19.1 Å². The van der Waals surface area contributed by atoms with Gasteiger partial charge in [0, 0.05) is 17.2 Å². The lowest BCUT2D eigenvalue weighted by atomic mass is 10.1. The lowest BCUT2D eigenvalue weighted by Gasteiger charge is -2.07. The summed E-state index contributed by atoms with van der Waals surface area (Å²) in [6, 6.07) is 1.29. The highest BCUT2D eigenvalue weighted by Gasteiger charge is 2.23. The number of sulfone groups is 1. The van der Waals surface area contributed by atoms with Gasteiger partial charge in [-0.3, -0.25) is 0 Å². The van der Waals surface area contributed by atoms with E-state index < -0.39 is 32.1 Å². The van der Waals surface area contributed by atoms with Gasteiger partial charge in [-0.15, -0.1) is 11.3 Å². The van der Waals surface area contributed by atoms with E-state index in [1.807, 2.05) is 0 Å². The fourth-order valence-electron chi connectivity index (χ4n) is 2.13. The van der Waals surface area contributed by atoms with Gasteiger partial charge >= 0.3 is 5.76 Å². The molecule has 3 rings (SSSR count). The summed E-state index contributed by atoms with van der Waals surface area (Å²) in [6.45, 7) is 1.71. The molecule has 2 aromatic heterocycles. The maximum absolute atomic E-state index is 14.4. The molecule has 6 nitrogen and oxygen atoms in total. The fourth-order valence-corrected chi connectivity index (χ4v) is 3.66. The lowest BCUT2D eigenvalue weighted by molar-refractivity contribution is 0.504. The van der Waals surface area contributed by atoms with Crippen LogP contribution < -0.4 is 5.76 Å². The van der Waals surface area contributed by atoms with E-state index in [4.69, 9.17) is 4.42 Å². The van der Waals surface area contributed by atoms with E-state index in [0.717, 1.165) is 28.4 Å². The minimum absolute atomic E-state index is 0.0641. The monoisotopic (exact) mass is 372 g/mol. The van der Waals surface area contributed by atoms with Crippen LogP contribution in [0.2, 0.25) is 0 Å². The van der Waals surface area contributed by atoms with Crippen molar-refractivity contribution < 1.29 is 21.6 Å². The molecule has 0 saturated carbocycles. The Hall–Kier alpha value is -2.33. The average Bonchev–Trinajstić information content (AvgIpc) is 3.05. The van der Waals surface area contributed by atoms with Gasteiger partial charge in [0.05, 0.1) is 5.69 Å². The molecule has 126 valence electrons. The van der Waals surface area contributed by atoms with E-state index >= 15 is 0 Å². The molecular formula is C14H10F2N2O4S2. The summed E-state index contributed by atoms with van der Waals surface area (Å²) in [4.78, 5) is 15.3. The molecule has 0 N–H and O–H groups in total. The van der Waals surface area contributed by atoms with Crippen LogP contribution in [-0.2, 0) is 9.84 Å². The largest absolute Gasteiger partial charge is 0.425 e. The van der Waals surface area contributed by atoms with Crippen LogP contribution in [0.15, 0.2) is 37.9 Å². The first-order chi connectivity index (χ1) is 11.2. The van der Waals surface area contributed by atoms with Crippen LogP contribution in [0.5, 0.6) is 0 Å². The molecule has 0 atom stereocenters. The summed E-state index contributed by atoms with van der Waals surface area (Å²) in [5, 5.41) is 1.91. The van der Waals surface area contributed by atoms with Crippen molar-refractivity contribution in [1.82, 2.24) is 9.55 Å². The summed E-state index contributed by atoms with van der Waals surface area (Å²) in [5.41, 5.74) is 0.275. The molecular weight excluding hydrogens is 362 g/mol. The third-order valence-electron chi connectivity index (χ3n) is 3.19. The summed E-state index contributed by atoms with van der Waals surface area (Å²) in [6.07, 6.45) is 1.74. The molecule has 1 aromatic carbocycles. The maximum Gasteiger partial charge on any atom is 0.425 e. The molecule has 2 heterocycles. The third kappa shape index (κ3) is 2.78. The fraction of sp³-hybridized carbons (Fsp3) is 0.143. The van der Waals surface area contributed by atoms with Gasteiger partial charge in [0.2, 0.25) is 0 Å². The second-order valence-corrected chi connectivity index (χ2v) is 7.85. The predicted octanol–water partition coefficient (Wildman–Crippen LogP) is 2.54. The van der Waals surface area contributed by atoms with Gasteiger partial charge < -0.3 is 4.42 Å². The van der Waals surface area contributed by atoms with Crippen LogP contribution in [-0.4, -0.2) is 24.2 Å². The number of aromatic nitrogens is 2. The number of aryl methyl sites for hydroxylation is 1. The molecule has 0 bridgehead atoms. The highest BCUT2D eigenvalue weighted by Crippen LogP contribution is 2.29. The number of halogens is 2. The van der Waals surface area contributed by atoms with Crippen molar-refractivity contribution in [3.63, 3.8) is 0 Å². The van der Waals surface area contributed by atoms with Gasteiger partial charge in [0.1, 0.15) is 28.5 Å². The standard InChI is InChI=1S/C14H10F2N2O4S2/c1-7-6-23-13(17-7)18-11(5-22-14(18)19)8-3-10(16)12(4-9(8)15)24(2,20)21/h3-6H,1-2H3. The van der Waals surface area contributed by atoms with Crippen molar-refractivity contribution in [3.8, 4) is 16.4 Å². The highest BCUT2D eigenvalue weighted by atomic mass is 32.2. The SMILES string of the molecule is Cc1csc(-n2c(-c3cc(F)c(S(C)(=O)=O)cc3F)coc2=O)n1. The Bertz CT molecular complexity index is 1100. The van der Waals surface area contributed by atoms with Gasteiger partial charge in [0.25, 0.3) is 0 Å². The molecule has 0 radical (unpaired) electrons. The minimum Gasteiger partial charge on any atom is -0.415 e. The normalized spacial score (nSPS) is 11.8. The van der Waals surface area contributed by atoms with Gasteiger partial charge in [0.15, 0.2) is 15.0 Å². The molecule has 0 amide bonds. The molecule has 0 unspecified atom stereocenters.